The van der Waals surface area contributed by atoms with Crippen LogP contribution in [0.5, 0.6) is 5.88 Å². The van der Waals surface area contributed by atoms with Crippen LogP contribution in [-0.4, -0.2) is 26.0 Å². The molecule has 0 N–H and O–H groups in total. The van der Waals surface area contributed by atoms with Crippen molar-refractivity contribution in [3.05, 3.63) is 53.3 Å². The number of rotatable bonds is 5. The Morgan fingerprint density at radius 1 is 1.17 bits per heavy atom. The predicted octanol–water partition coefficient (Wildman–Crippen LogP) is 3.83. The van der Waals surface area contributed by atoms with Crippen LogP contribution < -0.4 is 4.74 Å². The van der Waals surface area contributed by atoms with Crippen LogP contribution in [0.4, 0.5) is 0 Å². The van der Waals surface area contributed by atoms with Gasteiger partial charge in [0, 0.05) is 13.2 Å². The summed E-state index contributed by atoms with van der Waals surface area (Å²) in [5.41, 5.74) is 2.52. The maximum atomic E-state index is 6.37. The summed E-state index contributed by atoms with van der Waals surface area (Å²) in [4.78, 5) is 8.77. The van der Waals surface area contributed by atoms with Gasteiger partial charge in [0.2, 0.25) is 5.88 Å². The average Bonchev–Trinajstić information content (AvgIpc) is 2.99. The van der Waals surface area contributed by atoms with Gasteiger partial charge in [-0.3, -0.25) is 4.68 Å². The molecule has 5 nitrogen and oxygen atoms in total. The Bertz CT molecular complexity index is 807. The Morgan fingerprint density at radius 2 is 1.96 bits per heavy atom. The van der Waals surface area contributed by atoms with Crippen LogP contribution in [-0.2, 0) is 13.7 Å². The summed E-state index contributed by atoms with van der Waals surface area (Å²) in [7, 11) is 1.84. The molecule has 0 spiro atoms. The van der Waals surface area contributed by atoms with Gasteiger partial charge in [-0.25, -0.2) is 4.98 Å². The van der Waals surface area contributed by atoms with Crippen LogP contribution in [0.1, 0.15) is 5.56 Å². The highest BCUT2D eigenvalue weighted by Gasteiger charge is 2.19. The molecule has 0 bridgehead atoms. The summed E-state index contributed by atoms with van der Waals surface area (Å²) in [6.07, 6.45) is 3.60. The van der Waals surface area contributed by atoms with Crippen molar-refractivity contribution in [2.75, 3.05) is 6.26 Å². The zero-order valence-corrected chi connectivity index (χ0v) is 14.3. The monoisotopic (exact) mass is 346 g/mol. The minimum absolute atomic E-state index is 0.357. The highest BCUT2D eigenvalue weighted by molar-refractivity contribution is 7.98. The first kappa shape index (κ1) is 15.8. The molecule has 0 saturated carbocycles. The van der Waals surface area contributed by atoms with Gasteiger partial charge in [-0.1, -0.05) is 53.7 Å². The molecule has 1 aromatic carbocycles. The van der Waals surface area contributed by atoms with Crippen molar-refractivity contribution in [3.63, 3.8) is 0 Å². The highest BCUT2D eigenvalue weighted by Crippen LogP contribution is 2.35. The molecule has 3 rings (SSSR count). The Morgan fingerprint density at radius 3 is 2.61 bits per heavy atom. The second-order valence-corrected chi connectivity index (χ2v) is 5.93. The quantitative estimate of drug-likeness (QED) is 0.399. The molecule has 0 atom stereocenters. The molecule has 2 heterocycles. The Balaban J connectivity index is 1.99. The van der Waals surface area contributed by atoms with Crippen molar-refractivity contribution in [3.8, 4) is 17.1 Å². The van der Waals surface area contributed by atoms with Crippen LogP contribution >= 0.6 is 23.4 Å². The lowest BCUT2D eigenvalue weighted by molar-refractivity contribution is 0.292. The van der Waals surface area contributed by atoms with Crippen LogP contribution in [0, 0.1) is 0 Å². The Labute approximate surface area is 143 Å². The summed E-state index contributed by atoms with van der Waals surface area (Å²) in [5.74, 6) is 0.460. The van der Waals surface area contributed by atoms with Crippen molar-refractivity contribution in [1.82, 2.24) is 19.7 Å². The minimum Gasteiger partial charge on any atom is -0.472 e. The summed E-state index contributed by atoms with van der Waals surface area (Å²) < 4.78 is 7.66. The second-order valence-electron chi connectivity index (χ2n) is 4.80. The van der Waals surface area contributed by atoms with Crippen molar-refractivity contribution < 1.29 is 4.74 Å². The number of nitrogens with zero attached hydrogens (tertiary/aromatic N) is 4. The number of hydrogen-bond donors (Lipinski definition) is 0. The standard InChI is InChI=1S/C16H15ClN4OS/c1-21-12(8-9-18-21)13-14(17)19-16(23-2)20-15(13)22-10-11-6-4-3-5-7-11/h3-9H,10H2,1-2H3. The van der Waals surface area contributed by atoms with Crippen molar-refractivity contribution in [2.45, 2.75) is 11.8 Å². The van der Waals surface area contributed by atoms with E-state index >= 15 is 0 Å². The van der Waals surface area contributed by atoms with E-state index in [2.05, 4.69) is 15.1 Å². The van der Waals surface area contributed by atoms with Gasteiger partial charge in [-0.15, -0.1) is 0 Å². The lowest BCUT2D eigenvalue weighted by atomic mass is 10.2. The van der Waals surface area contributed by atoms with Crippen molar-refractivity contribution >= 4 is 23.4 Å². The maximum absolute atomic E-state index is 6.37. The lowest BCUT2D eigenvalue weighted by Crippen LogP contribution is -2.04. The van der Waals surface area contributed by atoms with Crippen LogP contribution in [0.25, 0.3) is 11.3 Å². The largest absolute Gasteiger partial charge is 0.472 e. The fourth-order valence-corrected chi connectivity index (χ4v) is 2.82. The first-order chi connectivity index (χ1) is 11.2. The van der Waals surface area contributed by atoms with Gasteiger partial charge in [0.15, 0.2) is 5.16 Å². The van der Waals surface area contributed by atoms with Gasteiger partial charge >= 0.3 is 0 Å². The molecule has 118 valence electrons. The van der Waals surface area contributed by atoms with Gasteiger partial charge in [-0.05, 0) is 17.9 Å². The third-order valence-corrected chi connectivity index (χ3v) is 4.11. The third-order valence-electron chi connectivity index (χ3n) is 3.29. The number of halogens is 1. The Kier molecular flexibility index (Phi) is 4.83. The minimum atomic E-state index is 0.357. The first-order valence-electron chi connectivity index (χ1n) is 6.95. The van der Waals surface area contributed by atoms with E-state index < -0.39 is 0 Å². The van der Waals surface area contributed by atoms with Gasteiger partial charge in [0.25, 0.3) is 0 Å². The fraction of sp³-hybridized carbons (Fsp3) is 0.188. The van der Waals surface area contributed by atoms with E-state index in [1.54, 1.807) is 10.9 Å². The Hall–Kier alpha value is -2.05. The zero-order valence-electron chi connectivity index (χ0n) is 12.7. The number of thioether (sulfide) groups is 1. The molecule has 0 radical (unpaired) electrons. The first-order valence-corrected chi connectivity index (χ1v) is 8.56. The van der Waals surface area contributed by atoms with E-state index in [-0.39, 0.29) is 0 Å². The van der Waals surface area contributed by atoms with Gasteiger partial charge < -0.3 is 4.74 Å². The molecule has 2 aromatic heterocycles. The number of aryl methyl sites for hydroxylation is 1. The smallest absolute Gasteiger partial charge is 0.228 e. The summed E-state index contributed by atoms with van der Waals surface area (Å²) >= 11 is 7.79. The number of benzene rings is 1. The molecule has 0 fully saturated rings. The van der Waals surface area contributed by atoms with Crippen LogP contribution in [0.2, 0.25) is 5.15 Å². The fourth-order valence-electron chi connectivity index (χ4n) is 2.15. The van der Waals surface area contributed by atoms with Crippen LogP contribution in [0.3, 0.4) is 0 Å². The van der Waals surface area contributed by atoms with E-state index in [0.717, 1.165) is 11.3 Å². The van der Waals surface area contributed by atoms with Gasteiger partial charge in [-0.2, -0.15) is 10.1 Å². The molecule has 23 heavy (non-hydrogen) atoms. The van der Waals surface area contributed by atoms with E-state index in [9.17, 15) is 0 Å². The summed E-state index contributed by atoms with van der Waals surface area (Å²) in [5, 5.41) is 5.11. The third kappa shape index (κ3) is 3.48. The number of aromatic nitrogens is 4. The number of ether oxygens (including phenoxy) is 1. The summed E-state index contributed by atoms with van der Waals surface area (Å²) in [6, 6.07) is 11.8. The molecule has 0 aliphatic heterocycles. The summed E-state index contributed by atoms with van der Waals surface area (Å²) in [6.45, 7) is 0.410. The van der Waals surface area contributed by atoms with E-state index in [1.807, 2.05) is 49.7 Å². The van der Waals surface area contributed by atoms with E-state index in [1.165, 1.54) is 11.8 Å². The van der Waals surface area contributed by atoms with Crippen molar-refractivity contribution in [2.24, 2.45) is 7.05 Å². The average molecular weight is 347 g/mol. The van der Waals surface area contributed by atoms with Crippen LogP contribution in [0.15, 0.2) is 47.8 Å². The molecular formula is C16H15ClN4OS. The van der Waals surface area contributed by atoms with E-state index in [4.69, 9.17) is 16.3 Å². The molecule has 0 amide bonds. The van der Waals surface area contributed by atoms with Gasteiger partial charge in [0.1, 0.15) is 11.8 Å². The highest BCUT2D eigenvalue weighted by atomic mass is 35.5. The SMILES string of the molecule is CSc1nc(Cl)c(-c2ccnn2C)c(OCc2ccccc2)n1. The molecule has 0 aliphatic carbocycles. The molecule has 0 saturated heterocycles. The molecule has 0 unspecified atom stereocenters. The normalized spacial score (nSPS) is 10.7. The van der Waals surface area contributed by atoms with Gasteiger partial charge in [0.05, 0.1) is 11.3 Å². The molecular weight excluding hydrogens is 332 g/mol. The van der Waals surface area contributed by atoms with E-state index in [0.29, 0.717) is 28.4 Å². The predicted molar refractivity (Wildman–Crippen MR) is 91.8 cm³/mol. The van der Waals surface area contributed by atoms with Crippen molar-refractivity contribution in [1.29, 1.82) is 0 Å². The topological polar surface area (TPSA) is 52.8 Å². The molecule has 3 aromatic rings. The second kappa shape index (κ2) is 7.02. The molecule has 0 aliphatic rings. The zero-order chi connectivity index (χ0) is 16.2. The number of hydrogen-bond acceptors (Lipinski definition) is 5. The lowest BCUT2D eigenvalue weighted by Gasteiger charge is -2.13. The maximum Gasteiger partial charge on any atom is 0.228 e. The molecule has 7 heteroatoms.